The van der Waals surface area contributed by atoms with Crippen LogP contribution in [0.3, 0.4) is 0 Å². The van der Waals surface area contributed by atoms with Crippen LogP contribution in [0, 0.1) is 34.0 Å². The number of hydrogen-bond donors (Lipinski definition) is 1. The number of carbonyl (C=O) groups is 1. The molecule has 5 saturated carbocycles. The lowest BCUT2D eigenvalue weighted by molar-refractivity contribution is -0.214. The molecule has 0 aromatic heterocycles. The number of nitrogens with zero attached hydrogens (tertiary/aromatic N) is 1. The zero-order valence-corrected chi connectivity index (χ0v) is 23.5. The van der Waals surface area contributed by atoms with Gasteiger partial charge in [0.1, 0.15) is 0 Å². The first-order valence-corrected chi connectivity index (χ1v) is 16.6. The van der Waals surface area contributed by atoms with Crippen molar-refractivity contribution in [3.05, 3.63) is 24.3 Å². The van der Waals surface area contributed by atoms with Gasteiger partial charge in [0.05, 0.1) is 11.5 Å². The molecule has 6 fully saturated rings. The summed E-state index contributed by atoms with van der Waals surface area (Å²) in [5, 5.41) is 11.7. The molecule has 0 aromatic carbocycles. The molecule has 3 unspecified atom stereocenters. The number of carbonyl (C=O) groups excluding carboxylic acids is 1. The number of rotatable bonds is 4. The summed E-state index contributed by atoms with van der Waals surface area (Å²) in [5.74, 6) is 1.02. The smallest absolute Gasteiger partial charge is 0.192 e. The van der Waals surface area contributed by atoms with Crippen molar-refractivity contribution in [1.82, 2.24) is 4.90 Å². The number of aliphatic hydroxyl groups is 1. The molecule has 6 rings (SSSR count). The van der Waals surface area contributed by atoms with Crippen LogP contribution < -0.4 is 0 Å². The van der Waals surface area contributed by atoms with Crippen molar-refractivity contribution < 1.29 is 14.3 Å². The first kappa shape index (κ1) is 24.9. The van der Waals surface area contributed by atoms with Crippen LogP contribution >= 0.6 is 0 Å². The van der Waals surface area contributed by atoms with Crippen molar-refractivity contribution in [1.29, 1.82) is 0 Å². The number of ketones is 1. The molecular formula is C29H47NO3Si. The topological polar surface area (TPSA) is 49.8 Å². The molecule has 4 nitrogen and oxygen atoms in total. The van der Waals surface area contributed by atoms with Crippen molar-refractivity contribution >= 4 is 14.1 Å². The van der Waals surface area contributed by atoms with Crippen LogP contribution in [0.2, 0.25) is 18.1 Å². The van der Waals surface area contributed by atoms with E-state index in [4.69, 9.17) is 4.43 Å². The summed E-state index contributed by atoms with van der Waals surface area (Å²) >= 11 is 0. The van der Waals surface area contributed by atoms with Gasteiger partial charge in [0, 0.05) is 32.2 Å². The van der Waals surface area contributed by atoms with Gasteiger partial charge in [-0.05, 0) is 84.0 Å². The van der Waals surface area contributed by atoms with Gasteiger partial charge in [-0.2, -0.15) is 0 Å². The zero-order chi connectivity index (χ0) is 24.9. The molecule has 5 aliphatic carbocycles. The lowest BCUT2D eigenvalue weighted by Gasteiger charge is -2.72. The second-order valence-corrected chi connectivity index (χ2v) is 19.2. The Balaban J connectivity index is 1.47. The summed E-state index contributed by atoms with van der Waals surface area (Å²) in [7, 11) is -1.78. The zero-order valence-electron chi connectivity index (χ0n) is 22.5. The van der Waals surface area contributed by atoms with Gasteiger partial charge in [0.2, 0.25) is 0 Å². The minimum atomic E-state index is -1.78. The lowest BCUT2D eigenvalue weighted by atomic mass is 9.33. The van der Waals surface area contributed by atoms with Crippen LogP contribution in [0.1, 0.15) is 66.2 Å². The minimum absolute atomic E-state index is 0.0353. The monoisotopic (exact) mass is 485 g/mol. The average molecular weight is 486 g/mol. The molecule has 0 radical (unpaired) electrons. The summed E-state index contributed by atoms with van der Waals surface area (Å²) in [6.07, 6.45) is 5.65. The summed E-state index contributed by atoms with van der Waals surface area (Å²) in [6, 6.07) is 0. The summed E-state index contributed by atoms with van der Waals surface area (Å²) in [6.45, 7) is 26.5. The van der Waals surface area contributed by atoms with E-state index in [1.807, 2.05) is 0 Å². The molecule has 1 saturated heterocycles. The molecule has 7 atom stereocenters. The predicted octanol–water partition coefficient (Wildman–Crippen LogP) is 5.59. The number of allylic oxidation sites excluding steroid dienone is 1. The highest BCUT2D eigenvalue weighted by Gasteiger charge is 2.73. The fourth-order valence-electron chi connectivity index (χ4n) is 9.18. The Morgan fingerprint density at radius 1 is 1.18 bits per heavy atom. The van der Waals surface area contributed by atoms with E-state index in [-0.39, 0.29) is 33.5 Å². The SMILES string of the molecule is C=C1C(=O)C23CC[C@H](CC2[C@@]24CCC[C@@](C)(CN(CCO[Si](C)(C)C(C)(C)C)C2)C14)C(=C)[C@@H]3O. The Hall–Kier alpha value is -0.753. The van der Waals surface area contributed by atoms with E-state index in [0.29, 0.717) is 5.92 Å². The minimum Gasteiger partial charge on any atom is -0.416 e. The quantitative estimate of drug-likeness (QED) is 0.320. The number of Topliss-reactive ketones (excluding diaryl/α,β-unsaturated/α-hetero) is 1. The van der Waals surface area contributed by atoms with Gasteiger partial charge in [-0.1, -0.05) is 47.3 Å². The lowest BCUT2D eigenvalue weighted by Crippen LogP contribution is -2.74. The maximum atomic E-state index is 14.0. The third-order valence-corrected chi connectivity index (χ3v) is 16.1. The molecule has 6 aliphatic rings. The van der Waals surface area contributed by atoms with Crippen LogP contribution in [-0.2, 0) is 9.22 Å². The fourth-order valence-corrected chi connectivity index (χ4v) is 10.2. The molecule has 5 heteroatoms. The van der Waals surface area contributed by atoms with E-state index in [0.717, 1.165) is 69.5 Å². The largest absolute Gasteiger partial charge is 0.416 e. The summed E-state index contributed by atoms with van der Waals surface area (Å²) in [5.41, 5.74) is 1.15. The van der Waals surface area contributed by atoms with Gasteiger partial charge in [-0.25, -0.2) is 0 Å². The number of aliphatic hydroxyl groups excluding tert-OH is 1. The maximum absolute atomic E-state index is 14.0. The molecule has 1 aliphatic heterocycles. The van der Waals surface area contributed by atoms with Crippen molar-refractivity contribution in [2.24, 2.45) is 34.0 Å². The van der Waals surface area contributed by atoms with Crippen LogP contribution in [0.25, 0.3) is 0 Å². The molecule has 1 N–H and O–H groups in total. The van der Waals surface area contributed by atoms with Crippen molar-refractivity contribution in [3.8, 4) is 0 Å². The first-order chi connectivity index (χ1) is 15.7. The van der Waals surface area contributed by atoms with E-state index in [9.17, 15) is 9.90 Å². The Morgan fingerprint density at radius 2 is 1.88 bits per heavy atom. The molecule has 190 valence electrons. The van der Waals surface area contributed by atoms with Crippen molar-refractivity contribution in [3.63, 3.8) is 0 Å². The van der Waals surface area contributed by atoms with E-state index in [2.05, 4.69) is 58.8 Å². The third kappa shape index (κ3) is 3.15. The highest BCUT2D eigenvalue weighted by molar-refractivity contribution is 6.74. The van der Waals surface area contributed by atoms with Gasteiger partial charge in [0.15, 0.2) is 14.1 Å². The summed E-state index contributed by atoms with van der Waals surface area (Å²) < 4.78 is 6.58. The maximum Gasteiger partial charge on any atom is 0.192 e. The normalized spacial score (nSPS) is 44.7. The van der Waals surface area contributed by atoms with Crippen LogP contribution in [0.4, 0.5) is 0 Å². The average Bonchev–Trinajstić information content (AvgIpc) is 2.73. The standard InChI is InChI=1S/C29H47NO3Si/c1-19-21-10-13-29(24(19)31)22(16-21)28-12-9-11-27(6,23(28)20(2)25(29)32)17-30(18-28)14-15-33-34(7,8)26(3,4)5/h21-24,31H,1-2,9-18H2,3-8H3/t21-,22?,23?,24+,27+,28-,29?/m1/s1. The van der Waals surface area contributed by atoms with E-state index < -0.39 is 19.8 Å². The van der Waals surface area contributed by atoms with Crippen LogP contribution in [0.15, 0.2) is 24.3 Å². The van der Waals surface area contributed by atoms with Crippen molar-refractivity contribution in [2.75, 3.05) is 26.2 Å². The second kappa shape index (κ2) is 7.63. The number of hydrogen-bond acceptors (Lipinski definition) is 4. The Kier molecular flexibility index (Phi) is 5.59. The molecule has 0 amide bonds. The van der Waals surface area contributed by atoms with E-state index in [1.165, 1.54) is 6.42 Å². The fraction of sp³-hybridized carbons (Fsp3) is 0.828. The molecule has 34 heavy (non-hydrogen) atoms. The number of piperidine rings is 1. The number of likely N-dealkylation sites (tertiary alicyclic amines) is 1. The first-order valence-electron chi connectivity index (χ1n) is 13.7. The van der Waals surface area contributed by atoms with E-state index in [1.54, 1.807) is 0 Å². The Bertz CT molecular complexity index is 921. The molecular weight excluding hydrogens is 438 g/mol. The van der Waals surface area contributed by atoms with Gasteiger partial charge in [-0.3, -0.25) is 9.69 Å². The molecule has 1 heterocycles. The van der Waals surface area contributed by atoms with Gasteiger partial charge < -0.3 is 9.53 Å². The summed E-state index contributed by atoms with van der Waals surface area (Å²) in [4.78, 5) is 16.7. The van der Waals surface area contributed by atoms with Gasteiger partial charge >= 0.3 is 0 Å². The third-order valence-electron chi connectivity index (χ3n) is 11.6. The Morgan fingerprint density at radius 3 is 2.56 bits per heavy atom. The number of fused-ring (bicyclic) bond motifs is 2. The van der Waals surface area contributed by atoms with Crippen LogP contribution in [-0.4, -0.2) is 56.5 Å². The molecule has 0 aromatic rings. The van der Waals surface area contributed by atoms with Gasteiger partial charge in [0.25, 0.3) is 0 Å². The highest BCUT2D eigenvalue weighted by atomic mass is 28.4. The Labute approximate surface area is 208 Å². The van der Waals surface area contributed by atoms with Gasteiger partial charge in [-0.15, -0.1) is 0 Å². The molecule has 1 spiro atoms. The predicted molar refractivity (Wildman–Crippen MR) is 140 cm³/mol. The van der Waals surface area contributed by atoms with E-state index >= 15 is 0 Å². The van der Waals surface area contributed by atoms with Crippen LogP contribution in [0.5, 0.6) is 0 Å². The highest BCUT2D eigenvalue weighted by Crippen LogP contribution is 2.73. The second-order valence-electron chi connectivity index (χ2n) is 14.4. The van der Waals surface area contributed by atoms with Crippen molar-refractivity contribution in [2.45, 2.75) is 90.5 Å². The molecule has 4 bridgehead atoms.